The Labute approximate surface area is 132 Å². The van der Waals surface area contributed by atoms with Crippen LogP contribution in [0.1, 0.15) is 15.9 Å². The van der Waals surface area contributed by atoms with Crippen LogP contribution in [0.4, 0.5) is 0 Å². The first-order valence-electron chi connectivity index (χ1n) is 6.01. The summed E-state index contributed by atoms with van der Waals surface area (Å²) >= 11 is 11.9. The van der Waals surface area contributed by atoms with Gasteiger partial charge in [0.15, 0.2) is 0 Å². The average Bonchev–Trinajstić information content (AvgIpc) is 2.63. The number of carbonyl (C=O) groups is 1. The predicted octanol–water partition coefficient (Wildman–Crippen LogP) is 3.34. The van der Waals surface area contributed by atoms with Crippen molar-refractivity contribution in [1.29, 1.82) is 0 Å². The summed E-state index contributed by atoms with van der Waals surface area (Å²) < 4.78 is 25.7. The molecule has 7 heteroatoms. The lowest BCUT2D eigenvalue weighted by atomic mass is 10.2. The SMILES string of the molecule is O=C1c2ccccc2S(=O)(=O)N1Cc1ccc(Cl)cc1Cl. The molecule has 0 aliphatic carbocycles. The first kappa shape index (κ1) is 14.4. The molecule has 0 unspecified atom stereocenters. The number of sulfonamides is 1. The Morgan fingerprint density at radius 2 is 1.76 bits per heavy atom. The predicted molar refractivity (Wildman–Crippen MR) is 80.0 cm³/mol. The molecule has 0 saturated carbocycles. The molecule has 0 spiro atoms. The van der Waals surface area contributed by atoms with Gasteiger partial charge in [0.05, 0.1) is 12.1 Å². The fraction of sp³-hybridized carbons (Fsp3) is 0.0714. The number of hydrogen-bond acceptors (Lipinski definition) is 3. The fourth-order valence-corrected chi connectivity index (χ4v) is 4.21. The second-order valence-corrected chi connectivity index (χ2v) is 7.22. The maximum Gasteiger partial charge on any atom is 0.269 e. The van der Waals surface area contributed by atoms with Crippen LogP contribution in [0.3, 0.4) is 0 Å². The van der Waals surface area contributed by atoms with Crippen molar-refractivity contribution >= 4 is 39.1 Å². The molecule has 1 aliphatic heterocycles. The van der Waals surface area contributed by atoms with Gasteiger partial charge in [-0.2, -0.15) is 0 Å². The van der Waals surface area contributed by atoms with E-state index in [4.69, 9.17) is 23.2 Å². The zero-order valence-electron chi connectivity index (χ0n) is 10.6. The standard InChI is InChI=1S/C14H9Cl2NO3S/c15-10-6-5-9(12(16)7-10)8-17-14(18)11-3-1-2-4-13(11)21(17,19)20/h1-7H,8H2. The Balaban J connectivity index is 2.03. The molecule has 1 aliphatic rings. The highest BCUT2D eigenvalue weighted by molar-refractivity contribution is 7.90. The maximum absolute atomic E-state index is 12.4. The van der Waals surface area contributed by atoms with Gasteiger partial charge in [-0.05, 0) is 29.8 Å². The first-order valence-corrected chi connectivity index (χ1v) is 8.21. The Hall–Kier alpha value is -1.56. The topological polar surface area (TPSA) is 54.5 Å². The molecule has 0 radical (unpaired) electrons. The van der Waals surface area contributed by atoms with E-state index >= 15 is 0 Å². The quantitative estimate of drug-likeness (QED) is 0.841. The summed E-state index contributed by atoms with van der Waals surface area (Å²) in [5, 5.41) is 0.768. The molecule has 3 rings (SSSR count). The molecule has 4 nitrogen and oxygen atoms in total. The van der Waals surface area contributed by atoms with Crippen LogP contribution >= 0.6 is 23.2 Å². The largest absolute Gasteiger partial charge is 0.269 e. The van der Waals surface area contributed by atoms with Crippen molar-refractivity contribution in [1.82, 2.24) is 4.31 Å². The van der Waals surface area contributed by atoms with Gasteiger partial charge in [0.2, 0.25) is 0 Å². The summed E-state index contributed by atoms with van der Waals surface area (Å²) in [5.74, 6) is -0.545. The van der Waals surface area contributed by atoms with Gasteiger partial charge in [-0.25, -0.2) is 12.7 Å². The Morgan fingerprint density at radius 1 is 1.05 bits per heavy atom. The van der Waals surface area contributed by atoms with Gasteiger partial charge < -0.3 is 0 Å². The second-order valence-electron chi connectivity index (χ2n) is 4.55. The van der Waals surface area contributed by atoms with Crippen molar-refractivity contribution in [2.75, 3.05) is 0 Å². The Kier molecular flexibility index (Phi) is 3.43. The van der Waals surface area contributed by atoms with Gasteiger partial charge >= 0.3 is 0 Å². The van der Waals surface area contributed by atoms with Crippen molar-refractivity contribution in [3.63, 3.8) is 0 Å². The highest BCUT2D eigenvalue weighted by Crippen LogP contribution is 2.32. The van der Waals surface area contributed by atoms with E-state index in [2.05, 4.69) is 0 Å². The fourth-order valence-electron chi connectivity index (χ4n) is 2.19. The Bertz CT molecular complexity index is 849. The molecular weight excluding hydrogens is 333 g/mol. The van der Waals surface area contributed by atoms with Gasteiger partial charge in [-0.1, -0.05) is 41.4 Å². The third kappa shape index (κ3) is 2.31. The van der Waals surface area contributed by atoms with Gasteiger partial charge in [-0.3, -0.25) is 4.79 Å². The van der Waals surface area contributed by atoms with Crippen molar-refractivity contribution in [2.45, 2.75) is 11.4 Å². The highest BCUT2D eigenvalue weighted by Gasteiger charge is 2.40. The molecule has 21 heavy (non-hydrogen) atoms. The van der Waals surface area contributed by atoms with Crippen molar-refractivity contribution in [3.8, 4) is 0 Å². The molecule has 0 atom stereocenters. The van der Waals surface area contributed by atoms with Crippen molar-refractivity contribution in [3.05, 3.63) is 63.6 Å². The molecular formula is C14H9Cl2NO3S. The number of hydrogen-bond donors (Lipinski definition) is 0. The number of benzene rings is 2. The molecule has 108 valence electrons. The number of halogens is 2. The van der Waals surface area contributed by atoms with Crippen LogP contribution in [0.15, 0.2) is 47.4 Å². The van der Waals surface area contributed by atoms with Crippen LogP contribution in [-0.4, -0.2) is 18.6 Å². The van der Waals surface area contributed by atoms with Gasteiger partial charge in [-0.15, -0.1) is 0 Å². The van der Waals surface area contributed by atoms with E-state index in [1.54, 1.807) is 24.3 Å². The molecule has 0 N–H and O–H groups in total. The van der Waals surface area contributed by atoms with Crippen molar-refractivity contribution < 1.29 is 13.2 Å². The van der Waals surface area contributed by atoms with Crippen LogP contribution < -0.4 is 0 Å². The van der Waals surface area contributed by atoms with E-state index in [0.29, 0.717) is 15.6 Å². The lowest BCUT2D eigenvalue weighted by molar-refractivity contribution is 0.0865. The number of fused-ring (bicyclic) bond motifs is 1. The molecule has 0 saturated heterocycles. The lowest BCUT2D eigenvalue weighted by Gasteiger charge is -2.16. The zero-order chi connectivity index (χ0) is 15.2. The number of nitrogens with zero attached hydrogens (tertiary/aromatic N) is 1. The Morgan fingerprint density at radius 3 is 2.43 bits per heavy atom. The van der Waals surface area contributed by atoms with E-state index in [1.165, 1.54) is 18.2 Å². The molecule has 0 fully saturated rings. The van der Waals surface area contributed by atoms with E-state index in [0.717, 1.165) is 4.31 Å². The zero-order valence-corrected chi connectivity index (χ0v) is 12.9. The summed E-state index contributed by atoms with van der Waals surface area (Å²) in [4.78, 5) is 12.3. The van der Waals surface area contributed by atoms with Crippen LogP contribution in [-0.2, 0) is 16.6 Å². The van der Waals surface area contributed by atoms with E-state index < -0.39 is 15.9 Å². The smallest absolute Gasteiger partial charge is 0.268 e. The second kappa shape index (κ2) is 5.02. The minimum absolute atomic E-state index is 0.0279. The normalized spacial score (nSPS) is 16.1. The first-order chi connectivity index (χ1) is 9.91. The van der Waals surface area contributed by atoms with Gasteiger partial charge in [0.25, 0.3) is 15.9 Å². The lowest BCUT2D eigenvalue weighted by Crippen LogP contribution is -2.29. The van der Waals surface area contributed by atoms with E-state index in [9.17, 15) is 13.2 Å². The summed E-state index contributed by atoms with van der Waals surface area (Å²) in [7, 11) is -3.83. The number of amides is 1. The maximum atomic E-state index is 12.4. The average molecular weight is 342 g/mol. The monoisotopic (exact) mass is 341 g/mol. The number of carbonyl (C=O) groups excluding carboxylic acids is 1. The van der Waals surface area contributed by atoms with Gasteiger partial charge in [0.1, 0.15) is 4.90 Å². The molecule has 1 amide bonds. The van der Waals surface area contributed by atoms with Crippen LogP contribution in [0.2, 0.25) is 10.0 Å². The summed E-state index contributed by atoms with van der Waals surface area (Å²) in [5.41, 5.74) is 0.702. The minimum Gasteiger partial charge on any atom is -0.268 e. The third-order valence-electron chi connectivity index (χ3n) is 3.24. The molecule has 2 aromatic rings. The minimum atomic E-state index is -3.83. The van der Waals surface area contributed by atoms with Crippen LogP contribution in [0, 0.1) is 0 Å². The third-order valence-corrected chi connectivity index (χ3v) is 5.62. The van der Waals surface area contributed by atoms with Crippen molar-refractivity contribution in [2.24, 2.45) is 0 Å². The summed E-state index contributed by atoms with van der Waals surface area (Å²) in [6.07, 6.45) is 0. The summed E-state index contributed by atoms with van der Waals surface area (Å²) in [6.45, 7) is -0.119. The molecule has 0 aromatic heterocycles. The van der Waals surface area contributed by atoms with Gasteiger partial charge in [0, 0.05) is 10.0 Å². The number of rotatable bonds is 2. The molecule has 1 heterocycles. The van der Waals surface area contributed by atoms with Crippen LogP contribution in [0.5, 0.6) is 0 Å². The highest BCUT2D eigenvalue weighted by atomic mass is 35.5. The van der Waals surface area contributed by atoms with E-state index in [-0.39, 0.29) is 17.0 Å². The molecule has 2 aromatic carbocycles. The van der Waals surface area contributed by atoms with Crippen LogP contribution in [0.25, 0.3) is 0 Å². The summed E-state index contributed by atoms with van der Waals surface area (Å²) in [6, 6.07) is 10.9. The van der Waals surface area contributed by atoms with E-state index in [1.807, 2.05) is 0 Å². The molecule has 0 bridgehead atoms.